The molecule has 0 bridgehead atoms. The number of amides is 2. The van der Waals surface area contributed by atoms with Crippen molar-refractivity contribution in [3.05, 3.63) is 24.4 Å². The monoisotopic (exact) mass is 332 g/mol. The van der Waals surface area contributed by atoms with Gasteiger partial charge in [0, 0.05) is 32.3 Å². The van der Waals surface area contributed by atoms with E-state index in [0.717, 1.165) is 31.6 Å². The number of hydrogen-bond acceptors (Lipinski definition) is 4. The van der Waals surface area contributed by atoms with E-state index >= 15 is 0 Å². The smallest absolute Gasteiger partial charge is 0.243 e. The molecule has 1 unspecified atom stereocenters. The van der Waals surface area contributed by atoms with Crippen molar-refractivity contribution in [1.29, 1.82) is 0 Å². The molecule has 0 aliphatic carbocycles. The Hall–Kier alpha value is -2.11. The lowest BCUT2D eigenvalue weighted by atomic mass is 10.0. The van der Waals surface area contributed by atoms with Crippen LogP contribution in [-0.2, 0) is 9.59 Å². The van der Waals surface area contributed by atoms with Gasteiger partial charge in [0.1, 0.15) is 11.9 Å². The molecule has 0 aromatic carbocycles. The van der Waals surface area contributed by atoms with Gasteiger partial charge in [0.2, 0.25) is 11.8 Å². The standard InChI is InChI=1S/C18H28N4O2/c1-14(2)17(22-13-7-9-16(22)23)18(24)21-12-6-5-11-20-15-8-3-4-10-19-15/h3-4,8,10,14,17H,5-7,9,11-13H2,1-2H3,(H,19,20)(H,21,24). The number of likely N-dealkylation sites (tertiary alicyclic amines) is 1. The van der Waals surface area contributed by atoms with Crippen LogP contribution in [0, 0.1) is 5.92 Å². The minimum Gasteiger partial charge on any atom is -0.370 e. The summed E-state index contributed by atoms with van der Waals surface area (Å²) in [6.07, 6.45) is 5.02. The lowest BCUT2D eigenvalue weighted by Gasteiger charge is -2.29. The second kappa shape index (κ2) is 9.25. The molecule has 1 aromatic heterocycles. The molecule has 132 valence electrons. The van der Waals surface area contributed by atoms with E-state index in [4.69, 9.17) is 0 Å². The first-order valence-electron chi connectivity index (χ1n) is 8.81. The normalized spacial score (nSPS) is 15.6. The predicted octanol–water partition coefficient (Wildman–Crippen LogP) is 2.04. The zero-order valence-corrected chi connectivity index (χ0v) is 14.6. The van der Waals surface area contributed by atoms with Crippen molar-refractivity contribution in [3.8, 4) is 0 Å². The van der Waals surface area contributed by atoms with Gasteiger partial charge in [-0.3, -0.25) is 9.59 Å². The van der Waals surface area contributed by atoms with E-state index in [0.29, 0.717) is 19.5 Å². The Labute approximate surface area is 144 Å². The lowest BCUT2D eigenvalue weighted by Crippen LogP contribution is -2.50. The number of anilines is 1. The maximum atomic E-state index is 12.4. The number of aromatic nitrogens is 1. The topological polar surface area (TPSA) is 74.3 Å². The van der Waals surface area contributed by atoms with Crippen molar-refractivity contribution in [3.63, 3.8) is 0 Å². The van der Waals surface area contributed by atoms with Gasteiger partial charge in [-0.05, 0) is 37.3 Å². The number of nitrogens with zero attached hydrogens (tertiary/aromatic N) is 2. The highest BCUT2D eigenvalue weighted by molar-refractivity contribution is 5.88. The molecule has 6 heteroatoms. The molecule has 0 saturated carbocycles. The van der Waals surface area contributed by atoms with Crippen molar-refractivity contribution in [2.45, 2.75) is 45.6 Å². The molecular weight excluding hydrogens is 304 g/mol. The average Bonchev–Trinajstić information content (AvgIpc) is 2.97. The van der Waals surface area contributed by atoms with E-state index in [2.05, 4.69) is 15.6 Å². The van der Waals surface area contributed by atoms with Crippen LogP contribution in [0.2, 0.25) is 0 Å². The summed E-state index contributed by atoms with van der Waals surface area (Å²) in [7, 11) is 0. The Bertz CT molecular complexity index is 533. The van der Waals surface area contributed by atoms with Gasteiger partial charge in [0.25, 0.3) is 0 Å². The highest BCUT2D eigenvalue weighted by atomic mass is 16.2. The Morgan fingerprint density at radius 1 is 1.29 bits per heavy atom. The molecule has 24 heavy (non-hydrogen) atoms. The average molecular weight is 332 g/mol. The largest absolute Gasteiger partial charge is 0.370 e. The fraction of sp³-hybridized carbons (Fsp3) is 0.611. The Balaban J connectivity index is 1.66. The number of hydrogen-bond donors (Lipinski definition) is 2. The maximum Gasteiger partial charge on any atom is 0.243 e. The molecule has 1 atom stereocenters. The van der Waals surface area contributed by atoms with Gasteiger partial charge in [-0.1, -0.05) is 19.9 Å². The molecule has 2 amide bonds. The van der Waals surface area contributed by atoms with Gasteiger partial charge >= 0.3 is 0 Å². The third-order valence-corrected chi connectivity index (χ3v) is 4.22. The highest BCUT2D eigenvalue weighted by Crippen LogP contribution is 2.19. The summed E-state index contributed by atoms with van der Waals surface area (Å²) in [6.45, 7) is 6.14. The van der Waals surface area contributed by atoms with Crippen LogP contribution in [-0.4, -0.2) is 47.4 Å². The molecule has 1 aromatic rings. The first-order valence-corrected chi connectivity index (χ1v) is 8.81. The Morgan fingerprint density at radius 3 is 2.71 bits per heavy atom. The van der Waals surface area contributed by atoms with Gasteiger partial charge in [-0.15, -0.1) is 0 Å². The number of pyridine rings is 1. The Morgan fingerprint density at radius 2 is 2.08 bits per heavy atom. The van der Waals surface area contributed by atoms with Crippen LogP contribution in [0.5, 0.6) is 0 Å². The van der Waals surface area contributed by atoms with Crippen LogP contribution in [0.3, 0.4) is 0 Å². The summed E-state index contributed by atoms with van der Waals surface area (Å²) in [6, 6.07) is 5.42. The SMILES string of the molecule is CC(C)C(C(=O)NCCCCNc1ccccn1)N1CCCC1=O. The van der Waals surface area contributed by atoms with Gasteiger partial charge < -0.3 is 15.5 Å². The van der Waals surface area contributed by atoms with Crippen LogP contribution in [0.15, 0.2) is 24.4 Å². The van der Waals surface area contributed by atoms with Gasteiger partial charge in [-0.2, -0.15) is 0 Å². The van der Waals surface area contributed by atoms with Gasteiger partial charge in [-0.25, -0.2) is 4.98 Å². The van der Waals surface area contributed by atoms with Crippen LogP contribution in [0.25, 0.3) is 0 Å². The van der Waals surface area contributed by atoms with E-state index in [1.54, 1.807) is 11.1 Å². The van der Waals surface area contributed by atoms with E-state index in [-0.39, 0.29) is 23.8 Å². The third-order valence-electron chi connectivity index (χ3n) is 4.22. The van der Waals surface area contributed by atoms with E-state index in [1.165, 1.54) is 0 Å². The molecule has 2 N–H and O–H groups in total. The van der Waals surface area contributed by atoms with Gasteiger partial charge in [0.05, 0.1) is 0 Å². The molecular formula is C18H28N4O2. The molecule has 1 saturated heterocycles. The number of carbonyl (C=O) groups excluding carboxylic acids is 2. The second-order valence-electron chi connectivity index (χ2n) is 6.52. The molecule has 0 radical (unpaired) electrons. The Kier molecular flexibility index (Phi) is 7.03. The van der Waals surface area contributed by atoms with Gasteiger partial charge in [0.15, 0.2) is 0 Å². The summed E-state index contributed by atoms with van der Waals surface area (Å²) in [5.74, 6) is 1.06. The van der Waals surface area contributed by atoms with Crippen molar-refractivity contribution in [1.82, 2.24) is 15.2 Å². The number of carbonyl (C=O) groups is 2. The molecule has 2 rings (SSSR count). The quantitative estimate of drug-likeness (QED) is 0.679. The lowest BCUT2D eigenvalue weighted by molar-refractivity contribution is -0.139. The molecule has 1 aliphatic rings. The van der Waals surface area contributed by atoms with E-state index < -0.39 is 0 Å². The summed E-state index contributed by atoms with van der Waals surface area (Å²) >= 11 is 0. The molecule has 1 aliphatic heterocycles. The predicted molar refractivity (Wildman–Crippen MR) is 94.5 cm³/mol. The summed E-state index contributed by atoms with van der Waals surface area (Å²) in [4.78, 5) is 30.3. The second-order valence-corrected chi connectivity index (χ2v) is 6.52. The van der Waals surface area contributed by atoms with Crippen molar-refractivity contribution in [2.75, 3.05) is 25.0 Å². The summed E-state index contributed by atoms with van der Waals surface area (Å²) < 4.78 is 0. The van der Waals surface area contributed by atoms with E-state index in [9.17, 15) is 9.59 Å². The number of rotatable bonds is 9. The highest BCUT2D eigenvalue weighted by Gasteiger charge is 2.34. The maximum absolute atomic E-state index is 12.4. The zero-order chi connectivity index (χ0) is 17.4. The van der Waals surface area contributed by atoms with Crippen molar-refractivity contribution in [2.24, 2.45) is 5.92 Å². The van der Waals surface area contributed by atoms with Crippen LogP contribution >= 0.6 is 0 Å². The molecule has 2 heterocycles. The molecule has 0 spiro atoms. The van der Waals surface area contributed by atoms with Crippen LogP contribution < -0.4 is 10.6 Å². The summed E-state index contributed by atoms with van der Waals surface area (Å²) in [5, 5.41) is 6.23. The number of unbranched alkanes of at least 4 members (excludes halogenated alkanes) is 1. The molecule has 6 nitrogen and oxygen atoms in total. The minimum absolute atomic E-state index is 0.0297. The third kappa shape index (κ3) is 5.22. The number of nitrogens with one attached hydrogen (secondary N) is 2. The molecule has 1 fully saturated rings. The fourth-order valence-corrected chi connectivity index (χ4v) is 3.02. The zero-order valence-electron chi connectivity index (χ0n) is 14.6. The summed E-state index contributed by atoms with van der Waals surface area (Å²) in [5.41, 5.74) is 0. The van der Waals surface area contributed by atoms with Crippen LogP contribution in [0.4, 0.5) is 5.82 Å². The first kappa shape index (κ1) is 18.2. The van der Waals surface area contributed by atoms with Crippen LogP contribution in [0.1, 0.15) is 39.5 Å². The van der Waals surface area contributed by atoms with E-state index in [1.807, 2.05) is 32.0 Å². The first-order chi connectivity index (χ1) is 11.6. The van der Waals surface area contributed by atoms with Crippen molar-refractivity contribution < 1.29 is 9.59 Å². The minimum atomic E-state index is -0.341. The fourth-order valence-electron chi connectivity index (χ4n) is 3.02. The van der Waals surface area contributed by atoms with Crippen molar-refractivity contribution >= 4 is 17.6 Å².